The lowest BCUT2D eigenvalue weighted by Crippen LogP contribution is -2.30. The number of aryl methyl sites for hydroxylation is 1. The van der Waals surface area contributed by atoms with Gasteiger partial charge in [-0.2, -0.15) is 5.26 Å². The molecule has 0 aromatic heterocycles. The molecule has 0 fully saturated rings. The van der Waals surface area contributed by atoms with Crippen LogP contribution in [0.1, 0.15) is 25.0 Å². The van der Waals surface area contributed by atoms with E-state index < -0.39 is 6.10 Å². The molecule has 29 heavy (non-hydrogen) atoms. The van der Waals surface area contributed by atoms with Gasteiger partial charge >= 0.3 is 0 Å². The molecule has 0 aliphatic rings. The smallest absolute Gasteiger partial charge is 0.265 e. The van der Waals surface area contributed by atoms with E-state index in [0.29, 0.717) is 22.8 Å². The average Bonchev–Trinajstić information content (AvgIpc) is 2.76. The Hall–Kier alpha value is -3.78. The highest BCUT2D eigenvalue weighted by atomic mass is 16.5. The zero-order valence-corrected chi connectivity index (χ0v) is 16.4. The fraction of sp³-hybridized carbons (Fsp3) is 0.167. The van der Waals surface area contributed by atoms with E-state index in [9.17, 15) is 4.79 Å². The van der Waals surface area contributed by atoms with E-state index in [1.807, 2.05) is 24.3 Å². The third-order valence-electron chi connectivity index (χ3n) is 4.35. The van der Waals surface area contributed by atoms with Crippen molar-refractivity contribution >= 4 is 11.6 Å². The number of hydrogen-bond acceptors (Lipinski definition) is 4. The van der Waals surface area contributed by atoms with Crippen LogP contribution in [0.3, 0.4) is 0 Å². The Morgan fingerprint density at radius 3 is 2.03 bits per heavy atom. The molecule has 1 unspecified atom stereocenters. The normalized spacial score (nSPS) is 11.2. The lowest BCUT2D eigenvalue weighted by Gasteiger charge is -2.15. The van der Waals surface area contributed by atoms with Crippen molar-refractivity contribution in [2.45, 2.75) is 26.4 Å². The Morgan fingerprint density at radius 1 is 0.931 bits per heavy atom. The van der Waals surface area contributed by atoms with Gasteiger partial charge in [-0.1, -0.05) is 19.1 Å². The molecule has 3 aromatic rings. The number of carbonyl (C=O) groups is 1. The van der Waals surface area contributed by atoms with E-state index in [2.05, 4.69) is 18.3 Å². The van der Waals surface area contributed by atoms with Gasteiger partial charge in [-0.25, -0.2) is 0 Å². The number of ether oxygens (including phenoxy) is 2. The number of nitrogens with one attached hydrogen (secondary N) is 1. The third-order valence-corrected chi connectivity index (χ3v) is 4.35. The molecule has 0 bridgehead atoms. The molecule has 0 aliphatic heterocycles. The summed E-state index contributed by atoms with van der Waals surface area (Å²) < 4.78 is 11.5. The Balaban J connectivity index is 1.55. The first-order valence-corrected chi connectivity index (χ1v) is 9.42. The minimum absolute atomic E-state index is 0.216. The Bertz CT molecular complexity index is 988. The fourth-order valence-corrected chi connectivity index (χ4v) is 2.65. The standard InChI is InChI=1S/C24H22N2O3/c1-3-18-4-8-20(9-5-18)26-24(27)17(2)28-21-12-14-23(15-13-21)29-22-10-6-19(16-25)7-11-22/h4-15,17H,3H2,1-2H3,(H,26,27). The van der Waals surface area contributed by atoms with Gasteiger partial charge in [0.25, 0.3) is 5.91 Å². The summed E-state index contributed by atoms with van der Waals surface area (Å²) in [5.74, 6) is 1.63. The van der Waals surface area contributed by atoms with Gasteiger partial charge < -0.3 is 14.8 Å². The van der Waals surface area contributed by atoms with Gasteiger partial charge in [0.15, 0.2) is 6.10 Å². The van der Waals surface area contributed by atoms with Crippen molar-refractivity contribution in [3.05, 3.63) is 83.9 Å². The van der Waals surface area contributed by atoms with Gasteiger partial charge in [0.05, 0.1) is 11.6 Å². The maximum Gasteiger partial charge on any atom is 0.265 e. The van der Waals surface area contributed by atoms with Crippen LogP contribution in [0.4, 0.5) is 5.69 Å². The number of hydrogen-bond donors (Lipinski definition) is 1. The molecule has 0 heterocycles. The second kappa shape index (κ2) is 9.43. The zero-order valence-electron chi connectivity index (χ0n) is 16.4. The predicted molar refractivity (Wildman–Crippen MR) is 112 cm³/mol. The number of benzene rings is 3. The molecule has 1 N–H and O–H groups in total. The maximum atomic E-state index is 12.3. The van der Waals surface area contributed by atoms with Crippen molar-refractivity contribution in [1.82, 2.24) is 0 Å². The molecule has 0 spiro atoms. The van der Waals surface area contributed by atoms with Crippen molar-refractivity contribution in [2.24, 2.45) is 0 Å². The lowest BCUT2D eigenvalue weighted by atomic mass is 10.1. The first kappa shape index (κ1) is 20.0. The second-order valence-corrected chi connectivity index (χ2v) is 6.51. The molecule has 0 aliphatic carbocycles. The van der Waals surface area contributed by atoms with E-state index in [-0.39, 0.29) is 5.91 Å². The van der Waals surface area contributed by atoms with Gasteiger partial charge in [-0.15, -0.1) is 0 Å². The molecular formula is C24H22N2O3. The number of amides is 1. The molecule has 146 valence electrons. The summed E-state index contributed by atoms with van der Waals surface area (Å²) in [4.78, 5) is 12.3. The minimum atomic E-state index is -0.647. The van der Waals surface area contributed by atoms with Crippen LogP contribution in [-0.2, 0) is 11.2 Å². The highest BCUT2D eigenvalue weighted by molar-refractivity contribution is 5.94. The first-order chi connectivity index (χ1) is 14.1. The lowest BCUT2D eigenvalue weighted by molar-refractivity contribution is -0.122. The monoisotopic (exact) mass is 386 g/mol. The van der Waals surface area contributed by atoms with Crippen LogP contribution >= 0.6 is 0 Å². The van der Waals surface area contributed by atoms with E-state index in [0.717, 1.165) is 12.1 Å². The molecule has 1 amide bonds. The summed E-state index contributed by atoms with van der Waals surface area (Å²) in [7, 11) is 0. The predicted octanol–water partition coefficient (Wildman–Crippen LogP) is 5.32. The molecule has 3 aromatic carbocycles. The van der Waals surface area contributed by atoms with Crippen LogP contribution in [0.2, 0.25) is 0 Å². The molecule has 3 rings (SSSR count). The van der Waals surface area contributed by atoms with Crippen molar-refractivity contribution in [3.63, 3.8) is 0 Å². The number of anilines is 1. The minimum Gasteiger partial charge on any atom is -0.481 e. The van der Waals surface area contributed by atoms with Crippen LogP contribution in [0.15, 0.2) is 72.8 Å². The number of carbonyl (C=O) groups excluding carboxylic acids is 1. The molecule has 0 saturated heterocycles. The molecule has 5 nitrogen and oxygen atoms in total. The Morgan fingerprint density at radius 2 is 1.48 bits per heavy atom. The van der Waals surface area contributed by atoms with Gasteiger partial charge in [-0.3, -0.25) is 4.79 Å². The molecule has 0 saturated carbocycles. The molecule has 5 heteroatoms. The first-order valence-electron chi connectivity index (χ1n) is 9.42. The van der Waals surface area contributed by atoms with Crippen molar-refractivity contribution < 1.29 is 14.3 Å². The van der Waals surface area contributed by atoms with Crippen molar-refractivity contribution in [3.8, 4) is 23.3 Å². The van der Waals surface area contributed by atoms with E-state index in [1.54, 1.807) is 55.5 Å². The van der Waals surface area contributed by atoms with Crippen molar-refractivity contribution in [2.75, 3.05) is 5.32 Å². The Kier molecular flexibility index (Phi) is 6.49. The zero-order chi connectivity index (χ0) is 20.6. The van der Waals surface area contributed by atoms with Crippen LogP contribution < -0.4 is 14.8 Å². The Labute approximate surface area is 170 Å². The summed E-state index contributed by atoms with van der Waals surface area (Å²) >= 11 is 0. The van der Waals surface area contributed by atoms with Crippen molar-refractivity contribution in [1.29, 1.82) is 5.26 Å². The number of nitrogens with zero attached hydrogens (tertiary/aromatic N) is 1. The summed E-state index contributed by atoms with van der Waals surface area (Å²) in [6, 6.07) is 23.7. The quantitative estimate of drug-likeness (QED) is 0.597. The highest BCUT2D eigenvalue weighted by Crippen LogP contribution is 2.24. The van der Waals surface area contributed by atoms with Gasteiger partial charge in [-0.05, 0) is 79.6 Å². The van der Waals surface area contributed by atoms with E-state index in [1.165, 1.54) is 5.56 Å². The third kappa shape index (κ3) is 5.60. The summed E-state index contributed by atoms with van der Waals surface area (Å²) in [5.41, 5.74) is 2.54. The largest absolute Gasteiger partial charge is 0.481 e. The van der Waals surface area contributed by atoms with Gasteiger partial charge in [0.2, 0.25) is 0 Å². The fourth-order valence-electron chi connectivity index (χ4n) is 2.65. The number of rotatable bonds is 7. The van der Waals surface area contributed by atoms with Crippen LogP contribution in [0.5, 0.6) is 17.2 Å². The highest BCUT2D eigenvalue weighted by Gasteiger charge is 2.15. The summed E-state index contributed by atoms with van der Waals surface area (Å²) in [5, 5.41) is 11.7. The molecular weight excluding hydrogens is 364 g/mol. The summed E-state index contributed by atoms with van der Waals surface area (Å²) in [6.45, 7) is 3.79. The van der Waals surface area contributed by atoms with Crippen LogP contribution in [0.25, 0.3) is 0 Å². The van der Waals surface area contributed by atoms with Gasteiger partial charge in [0.1, 0.15) is 17.2 Å². The molecule has 0 radical (unpaired) electrons. The average molecular weight is 386 g/mol. The SMILES string of the molecule is CCc1ccc(NC(=O)C(C)Oc2ccc(Oc3ccc(C#N)cc3)cc2)cc1. The number of nitriles is 1. The maximum absolute atomic E-state index is 12.3. The van der Waals surface area contributed by atoms with E-state index >= 15 is 0 Å². The second-order valence-electron chi connectivity index (χ2n) is 6.51. The van der Waals surface area contributed by atoms with Gasteiger partial charge in [0, 0.05) is 5.69 Å². The topological polar surface area (TPSA) is 71.3 Å². The molecule has 1 atom stereocenters. The van der Waals surface area contributed by atoms with E-state index in [4.69, 9.17) is 14.7 Å². The van der Waals surface area contributed by atoms with Crippen LogP contribution in [0, 0.1) is 11.3 Å². The van der Waals surface area contributed by atoms with Crippen LogP contribution in [-0.4, -0.2) is 12.0 Å². The summed E-state index contributed by atoms with van der Waals surface area (Å²) in [6.07, 6.45) is 0.310.